The molecule has 4 rings (SSSR count). The summed E-state index contributed by atoms with van der Waals surface area (Å²) in [4.78, 5) is 37.1. The molecule has 1 amide bonds. The first-order valence-electron chi connectivity index (χ1n) is 9.16. The van der Waals surface area contributed by atoms with Crippen molar-refractivity contribution in [1.82, 2.24) is 24.8 Å². The molecule has 14 heteroatoms. The molecule has 2 aliphatic heterocycles. The molecule has 0 radical (unpaired) electrons. The second kappa shape index (κ2) is 9.24. The predicted molar refractivity (Wildman–Crippen MR) is 94.9 cm³/mol. The highest BCUT2D eigenvalue weighted by Crippen LogP contribution is 2.25. The van der Waals surface area contributed by atoms with Crippen LogP contribution in [0, 0.1) is 5.82 Å². The Morgan fingerprint density at radius 1 is 1.19 bits per heavy atom. The van der Waals surface area contributed by atoms with E-state index in [2.05, 4.69) is 15.1 Å². The van der Waals surface area contributed by atoms with Gasteiger partial charge in [0, 0.05) is 12.7 Å². The Labute approximate surface area is 173 Å². The quantitative estimate of drug-likeness (QED) is 0.692. The lowest BCUT2D eigenvalue weighted by atomic mass is 10.1. The Hall–Kier alpha value is -3.29. The van der Waals surface area contributed by atoms with Crippen LogP contribution in [0.25, 0.3) is 0 Å². The van der Waals surface area contributed by atoms with Crippen molar-refractivity contribution >= 4 is 17.8 Å². The summed E-state index contributed by atoms with van der Waals surface area (Å²) >= 11 is 0. The van der Waals surface area contributed by atoms with Gasteiger partial charge in [-0.15, -0.1) is 0 Å². The molecule has 10 nitrogen and oxygen atoms in total. The summed E-state index contributed by atoms with van der Waals surface area (Å²) in [5.74, 6) is -2.99. The average Bonchev–Trinajstić information content (AvgIpc) is 3.22. The van der Waals surface area contributed by atoms with Crippen LogP contribution in [-0.4, -0.2) is 67.7 Å². The number of hydrogen-bond acceptors (Lipinski definition) is 7. The van der Waals surface area contributed by atoms with Gasteiger partial charge in [0.2, 0.25) is 5.95 Å². The highest BCUT2D eigenvalue weighted by Gasteiger charge is 2.38. The number of nitrogens with zero attached hydrogens (tertiary/aromatic N) is 6. The van der Waals surface area contributed by atoms with Crippen LogP contribution in [0.5, 0.6) is 0 Å². The van der Waals surface area contributed by atoms with E-state index in [1.165, 1.54) is 5.06 Å². The summed E-state index contributed by atoms with van der Waals surface area (Å²) < 4.78 is 46.5. The second-order valence-corrected chi connectivity index (χ2v) is 6.65. The molecule has 1 fully saturated rings. The van der Waals surface area contributed by atoms with Gasteiger partial charge in [0.1, 0.15) is 0 Å². The molecule has 1 atom stereocenters. The monoisotopic (exact) mass is 446 g/mol. The van der Waals surface area contributed by atoms with E-state index in [-0.39, 0.29) is 5.91 Å². The number of carbonyl (C=O) groups excluding carboxylic acids is 1. The number of aliphatic carboxylic acids is 1. The van der Waals surface area contributed by atoms with E-state index >= 15 is 0 Å². The normalized spacial score (nSPS) is 18.6. The second-order valence-electron chi connectivity index (χ2n) is 6.65. The first-order chi connectivity index (χ1) is 14.7. The molecule has 0 spiro atoms. The Morgan fingerprint density at radius 2 is 1.87 bits per heavy atom. The number of halogens is 4. The van der Waals surface area contributed by atoms with E-state index < -0.39 is 24.0 Å². The number of carbonyl (C=O) groups is 2. The van der Waals surface area contributed by atoms with Gasteiger partial charge in [-0.2, -0.15) is 18.3 Å². The minimum atomic E-state index is -5.08. The molecular formula is C17H18F4N6O4. The molecule has 1 N–H and O–H groups in total. The molecule has 168 valence electrons. The fourth-order valence-corrected chi connectivity index (χ4v) is 3.03. The fourth-order valence-electron chi connectivity index (χ4n) is 3.03. The van der Waals surface area contributed by atoms with Crippen LogP contribution in [0.1, 0.15) is 24.6 Å². The Morgan fingerprint density at radius 3 is 2.45 bits per heavy atom. The molecule has 0 saturated carbocycles. The van der Waals surface area contributed by atoms with Gasteiger partial charge < -0.3 is 10.0 Å². The third-order valence-corrected chi connectivity index (χ3v) is 4.46. The Bertz CT molecular complexity index is 914. The summed E-state index contributed by atoms with van der Waals surface area (Å²) in [6.45, 7) is 2.00. The van der Waals surface area contributed by atoms with Crippen LogP contribution in [0.2, 0.25) is 0 Å². The number of carboxylic acid groups (broad SMARTS) is 1. The zero-order valence-electron chi connectivity index (χ0n) is 16.0. The molecule has 2 aromatic rings. The number of carboxylic acids is 1. The number of amides is 1. The fraction of sp³-hybridized carbons (Fsp3) is 0.471. The first-order valence-corrected chi connectivity index (χ1v) is 9.16. The molecule has 0 aromatic carbocycles. The van der Waals surface area contributed by atoms with E-state index in [0.29, 0.717) is 32.2 Å². The van der Waals surface area contributed by atoms with Crippen molar-refractivity contribution in [2.45, 2.75) is 31.6 Å². The van der Waals surface area contributed by atoms with Crippen LogP contribution < -0.4 is 4.90 Å². The summed E-state index contributed by atoms with van der Waals surface area (Å²) in [5.41, 5.74) is 0.879. The number of hydroxylamine groups is 2. The minimum absolute atomic E-state index is 0.133. The van der Waals surface area contributed by atoms with Gasteiger partial charge in [-0.05, 0) is 18.9 Å². The molecule has 4 heterocycles. The lowest BCUT2D eigenvalue weighted by molar-refractivity contribution is -0.200. The number of hydrogen-bond donors (Lipinski definition) is 1. The molecule has 31 heavy (non-hydrogen) atoms. The van der Waals surface area contributed by atoms with Crippen LogP contribution >= 0.6 is 0 Å². The Kier molecular flexibility index (Phi) is 6.68. The lowest BCUT2D eigenvalue weighted by Gasteiger charge is -2.36. The molecule has 0 bridgehead atoms. The summed E-state index contributed by atoms with van der Waals surface area (Å²) in [5, 5.41) is 12.8. The van der Waals surface area contributed by atoms with Crippen LogP contribution in [0.3, 0.4) is 0 Å². The van der Waals surface area contributed by atoms with Crippen LogP contribution in [0.4, 0.5) is 23.5 Å². The minimum Gasteiger partial charge on any atom is -0.475 e. The van der Waals surface area contributed by atoms with Crippen molar-refractivity contribution in [3.05, 3.63) is 36.2 Å². The van der Waals surface area contributed by atoms with Crippen LogP contribution in [0.15, 0.2) is 24.7 Å². The summed E-state index contributed by atoms with van der Waals surface area (Å²) in [6, 6.07) is 1.34. The van der Waals surface area contributed by atoms with Gasteiger partial charge in [-0.3, -0.25) is 14.3 Å². The predicted octanol–water partition coefficient (Wildman–Crippen LogP) is 1.56. The molecular weight excluding hydrogens is 428 g/mol. The van der Waals surface area contributed by atoms with Gasteiger partial charge in [-0.25, -0.2) is 24.2 Å². The smallest absolute Gasteiger partial charge is 0.475 e. The molecule has 1 saturated heterocycles. The number of aromatic nitrogens is 4. The van der Waals surface area contributed by atoms with Gasteiger partial charge >= 0.3 is 12.1 Å². The van der Waals surface area contributed by atoms with Crippen molar-refractivity contribution in [2.75, 3.05) is 24.6 Å². The molecule has 2 aromatic heterocycles. The number of alkyl halides is 3. The number of fused-ring (bicyclic) bond motifs is 1. The van der Waals surface area contributed by atoms with E-state index in [9.17, 15) is 22.4 Å². The van der Waals surface area contributed by atoms with E-state index in [4.69, 9.17) is 14.7 Å². The molecule has 1 unspecified atom stereocenters. The maximum Gasteiger partial charge on any atom is 0.490 e. The Balaban J connectivity index is 0.000000339. The van der Waals surface area contributed by atoms with Crippen molar-refractivity contribution in [3.63, 3.8) is 0 Å². The first kappa shape index (κ1) is 22.4. The maximum atomic E-state index is 13.1. The molecule has 2 aliphatic rings. The zero-order chi connectivity index (χ0) is 22.6. The van der Waals surface area contributed by atoms with Crippen molar-refractivity contribution in [3.8, 4) is 0 Å². The van der Waals surface area contributed by atoms with Crippen LogP contribution in [-0.2, 0) is 21.0 Å². The van der Waals surface area contributed by atoms with Gasteiger partial charge in [0.25, 0.3) is 5.91 Å². The lowest BCUT2D eigenvalue weighted by Crippen LogP contribution is -2.48. The van der Waals surface area contributed by atoms with Gasteiger partial charge in [-0.1, -0.05) is 0 Å². The number of rotatable bonds is 2. The van der Waals surface area contributed by atoms with Crippen molar-refractivity contribution in [1.29, 1.82) is 0 Å². The van der Waals surface area contributed by atoms with E-state index in [1.54, 1.807) is 10.9 Å². The van der Waals surface area contributed by atoms with E-state index in [1.807, 2.05) is 11.0 Å². The third-order valence-electron chi connectivity index (χ3n) is 4.46. The highest BCUT2D eigenvalue weighted by molar-refractivity contribution is 5.80. The maximum absolute atomic E-state index is 13.1. The summed E-state index contributed by atoms with van der Waals surface area (Å²) in [6.07, 6.45) is 0.714. The third kappa shape index (κ3) is 5.45. The van der Waals surface area contributed by atoms with Crippen molar-refractivity contribution in [2.24, 2.45) is 0 Å². The zero-order valence-corrected chi connectivity index (χ0v) is 16.0. The molecule has 0 aliphatic carbocycles. The van der Waals surface area contributed by atoms with Gasteiger partial charge in [0.15, 0.2) is 11.9 Å². The van der Waals surface area contributed by atoms with Crippen molar-refractivity contribution < 1.29 is 37.1 Å². The standard InChI is InChI=1S/C15H17FN6O2.C2HF3O2/c16-11-7-17-15(18-8-11)20-9-12-3-4-19-22(12)13(10-20)14(23)21-5-1-2-6-24-21;3-2(4,5)1(6)7/h3-4,7-8,13H,1-2,5-6,9-10H2;(H,6,7). The largest absolute Gasteiger partial charge is 0.490 e. The average molecular weight is 446 g/mol. The number of anilines is 1. The van der Waals surface area contributed by atoms with E-state index in [0.717, 1.165) is 30.9 Å². The summed E-state index contributed by atoms with van der Waals surface area (Å²) in [7, 11) is 0. The van der Waals surface area contributed by atoms with Gasteiger partial charge in [0.05, 0.1) is 37.8 Å². The highest BCUT2D eigenvalue weighted by atomic mass is 19.4. The topological polar surface area (TPSA) is 114 Å². The SMILES string of the molecule is O=C(C1CN(c2ncc(F)cn2)Cc2ccnn21)N1CCCCO1.O=C(O)C(F)(F)F.